The van der Waals surface area contributed by atoms with Gasteiger partial charge in [0.2, 0.25) is 9.74 Å². The molecule has 1 N–H and O–H groups in total. The molecule has 1 atom stereocenters. The maximum absolute atomic E-state index is 6.13. The second-order valence-corrected chi connectivity index (χ2v) is 9.68. The Labute approximate surface area is 184 Å². The summed E-state index contributed by atoms with van der Waals surface area (Å²) in [6, 6.07) is 7.46. The van der Waals surface area contributed by atoms with Gasteiger partial charge in [0.25, 0.3) is 0 Å². The van der Waals surface area contributed by atoms with E-state index >= 15 is 0 Å². The number of nitrogens with one attached hydrogen (secondary N) is 1. The zero-order chi connectivity index (χ0) is 19.6. The molecule has 1 fully saturated rings. The number of rotatable bonds is 5. The van der Waals surface area contributed by atoms with E-state index < -0.39 is 3.79 Å². The molecular formula is C18H19Cl5N4. The Morgan fingerprint density at radius 3 is 2.56 bits per heavy atom. The number of anilines is 1. The summed E-state index contributed by atoms with van der Waals surface area (Å²) < 4.78 is -1.66. The molecule has 0 aliphatic carbocycles. The van der Waals surface area contributed by atoms with Crippen LogP contribution in [-0.4, -0.2) is 41.0 Å². The minimum Gasteiger partial charge on any atom is -0.354 e. The Kier molecular flexibility index (Phi) is 6.99. The number of nitrogens with zero attached hydrogens (tertiary/aromatic N) is 3. The van der Waals surface area contributed by atoms with E-state index in [1.807, 2.05) is 6.07 Å². The van der Waals surface area contributed by atoms with Crippen molar-refractivity contribution in [1.29, 1.82) is 0 Å². The summed E-state index contributed by atoms with van der Waals surface area (Å²) in [6.45, 7) is 1.88. The van der Waals surface area contributed by atoms with Crippen LogP contribution < -0.4 is 5.32 Å². The smallest absolute Gasteiger partial charge is 0.232 e. The van der Waals surface area contributed by atoms with E-state index in [9.17, 15) is 0 Å². The van der Waals surface area contributed by atoms with Gasteiger partial charge >= 0.3 is 0 Å². The fourth-order valence-corrected chi connectivity index (χ4v) is 3.76. The quantitative estimate of drug-likeness (QED) is 0.533. The molecule has 2 aromatic rings. The van der Waals surface area contributed by atoms with Gasteiger partial charge in [0, 0.05) is 18.2 Å². The Morgan fingerprint density at radius 1 is 1.15 bits per heavy atom. The predicted octanol–water partition coefficient (Wildman–Crippen LogP) is 6.17. The molecule has 27 heavy (non-hydrogen) atoms. The highest BCUT2D eigenvalue weighted by molar-refractivity contribution is 6.66. The van der Waals surface area contributed by atoms with E-state index in [2.05, 4.69) is 27.2 Å². The number of hydrogen-bond donors (Lipinski definition) is 1. The maximum atomic E-state index is 6.13. The minimum atomic E-state index is -1.66. The summed E-state index contributed by atoms with van der Waals surface area (Å²) in [5.41, 5.74) is 1.66. The number of benzene rings is 1. The van der Waals surface area contributed by atoms with Gasteiger partial charge < -0.3 is 10.2 Å². The van der Waals surface area contributed by atoms with Gasteiger partial charge in [0.1, 0.15) is 0 Å². The molecular weight excluding hydrogens is 449 g/mol. The fraction of sp³-hybridized carbons (Fsp3) is 0.444. The Balaban J connectivity index is 1.83. The van der Waals surface area contributed by atoms with Gasteiger partial charge in [-0.1, -0.05) is 64.1 Å². The van der Waals surface area contributed by atoms with Gasteiger partial charge in [-0.25, -0.2) is 9.97 Å². The third kappa shape index (κ3) is 5.53. The van der Waals surface area contributed by atoms with E-state index in [1.165, 1.54) is 12.8 Å². The van der Waals surface area contributed by atoms with Crippen molar-refractivity contribution in [3.63, 3.8) is 0 Å². The van der Waals surface area contributed by atoms with Crippen molar-refractivity contribution in [2.24, 2.45) is 0 Å². The molecule has 1 aromatic carbocycles. The summed E-state index contributed by atoms with van der Waals surface area (Å²) in [6.07, 6.45) is 3.45. The van der Waals surface area contributed by atoms with Crippen LogP contribution in [0.25, 0.3) is 11.3 Å². The minimum absolute atomic E-state index is 0.295. The van der Waals surface area contributed by atoms with Crippen molar-refractivity contribution in [3.05, 3.63) is 40.0 Å². The van der Waals surface area contributed by atoms with E-state index in [4.69, 9.17) is 58.0 Å². The lowest BCUT2D eigenvalue weighted by Crippen LogP contribution is -2.27. The van der Waals surface area contributed by atoms with Crippen LogP contribution in [0.1, 0.15) is 25.0 Å². The second-order valence-electron chi connectivity index (χ2n) is 6.58. The van der Waals surface area contributed by atoms with Crippen molar-refractivity contribution in [3.8, 4) is 11.3 Å². The first-order valence-electron chi connectivity index (χ1n) is 8.60. The van der Waals surface area contributed by atoms with Crippen molar-refractivity contribution >= 4 is 64.0 Å². The van der Waals surface area contributed by atoms with Crippen LogP contribution in [0.15, 0.2) is 24.3 Å². The maximum Gasteiger partial charge on any atom is 0.232 e. The highest BCUT2D eigenvalue weighted by Crippen LogP contribution is 2.39. The van der Waals surface area contributed by atoms with E-state index in [1.54, 1.807) is 18.2 Å². The normalized spacial score (nSPS) is 18.1. The predicted molar refractivity (Wildman–Crippen MR) is 115 cm³/mol. The van der Waals surface area contributed by atoms with Crippen molar-refractivity contribution < 1.29 is 0 Å². The van der Waals surface area contributed by atoms with Crippen LogP contribution in [0.4, 0.5) is 5.95 Å². The lowest BCUT2D eigenvalue weighted by Gasteiger charge is -2.20. The van der Waals surface area contributed by atoms with Crippen LogP contribution in [-0.2, 0) is 3.79 Å². The van der Waals surface area contributed by atoms with Crippen LogP contribution in [0.5, 0.6) is 0 Å². The lowest BCUT2D eigenvalue weighted by atomic mass is 10.1. The standard InChI is InChI=1S/C18H19Cl5N4/c1-27-8-2-3-12(27)6-7-24-17-25-15(10-16(26-17)18(21,22)23)11-4-5-13(19)14(20)9-11/h4-5,9-10,12H,2-3,6-8H2,1H3,(H,24,25,26). The van der Waals surface area contributed by atoms with Gasteiger partial charge in [0.05, 0.1) is 21.4 Å². The molecule has 0 bridgehead atoms. The summed E-state index contributed by atoms with van der Waals surface area (Å²) in [7, 11) is 2.15. The van der Waals surface area contributed by atoms with Crippen LogP contribution in [0, 0.1) is 0 Å². The van der Waals surface area contributed by atoms with Crippen LogP contribution in [0.2, 0.25) is 10.0 Å². The number of hydrogen-bond acceptors (Lipinski definition) is 4. The number of alkyl halides is 3. The van der Waals surface area contributed by atoms with Crippen molar-refractivity contribution in [2.45, 2.75) is 29.1 Å². The number of aromatic nitrogens is 2. The SMILES string of the molecule is CN1CCCC1CCNc1nc(-c2ccc(Cl)c(Cl)c2)cc(C(Cl)(Cl)Cl)n1. The molecule has 2 heterocycles. The number of halogens is 5. The van der Waals surface area contributed by atoms with E-state index in [-0.39, 0.29) is 0 Å². The summed E-state index contributed by atoms with van der Waals surface area (Å²) in [4.78, 5) is 11.3. The third-order valence-corrected chi connectivity index (χ3v) is 5.98. The number of likely N-dealkylation sites (tertiary alicyclic amines) is 1. The average Bonchev–Trinajstić information content (AvgIpc) is 3.01. The van der Waals surface area contributed by atoms with Gasteiger partial charge in [-0.05, 0) is 51.1 Å². The first-order valence-corrected chi connectivity index (χ1v) is 10.5. The molecule has 1 unspecified atom stereocenters. The van der Waals surface area contributed by atoms with E-state index in [0.29, 0.717) is 33.4 Å². The first kappa shape index (κ1) is 21.2. The molecule has 0 amide bonds. The average molecular weight is 469 g/mol. The highest BCUT2D eigenvalue weighted by atomic mass is 35.6. The van der Waals surface area contributed by atoms with Gasteiger partial charge in [-0.2, -0.15) is 0 Å². The van der Waals surface area contributed by atoms with Gasteiger partial charge in [0.15, 0.2) is 0 Å². The Bertz CT molecular complexity index is 809. The van der Waals surface area contributed by atoms with Crippen molar-refractivity contribution in [2.75, 3.05) is 25.5 Å². The second kappa shape index (κ2) is 8.89. The molecule has 3 rings (SSSR count). The molecule has 0 spiro atoms. The molecule has 9 heteroatoms. The molecule has 1 aliphatic heterocycles. The Morgan fingerprint density at radius 2 is 1.93 bits per heavy atom. The summed E-state index contributed by atoms with van der Waals surface area (Å²) in [5, 5.41) is 4.16. The molecule has 1 aromatic heterocycles. The monoisotopic (exact) mass is 466 g/mol. The molecule has 1 saturated heterocycles. The van der Waals surface area contributed by atoms with Crippen LogP contribution in [0.3, 0.4) is 0 Å². The molecule has 4 nitrogen and oxygen atoms in total. The van der Waals surface area contributed by atoms with Crippen molar-refractivity contribution in [1.82, 2.24) is 14.9 Å². The molecule has 146 valence electrons. The molecule has 1 aliphatic rings. The fourth-order valence-electron chi connectivity index (χ4n) is 3.17. The zero-order valence-electron chi connectivity index (χ0n) is 14.7. The largest absolute Gasteiger partial charge is 0.354 e. The Hall–Kier alpha value is -0.490. The lowest BCUT2D eigenvalue weighted by molar-refractivity contribution is 0.301. The summed E-state index contributed by atoms with van der Waals surface area (Å²) >= 11 is 30.3. The van der Waals surface area contributed by atoms with Gasteiger partial charge in [-0.15, -0.1) is 0 Å². The zero-order valence-corrected chi connectivity index (χ0v) is 18.4. The first-order chi connectivity index (χ1) is 12.7. The highest BCUT2D eigenvalue weighted by Gasteiger charge is 2.27. The van der Waals surface area contributed by atoms with Gasteiger partial charge in [-0.3, -0.25) is 0 Å². The van der Waals surface area contributed by atoms with Crippen LogP contribution >= 0.6 is 58.0 Å². The van der Waals surface area contributed by atoms with E-state index in [0.717, 1.165) is 25.1 Å². The topological polar surface area (TPSA) is 41.0 Å². The molecule has 0 radical (unpaired) electrons. The third-order valence-electron chi connectivity index (χ3n) is 4.66. The molecule has 0 saturated carbocycles. The summed E-state index contributed by atoms with van der Waals surface area (Å²) in [5.74, 6) is 0.417.